The molecule has 0 atom stereocenters. The highest BCUT2D eigenvalue weighted by Crippen LogP contribution is 2.27. The number of nitriles is 1. The van der Waals surface area contributed by atoms with Crippen molar-refractivity contribution in [1.82, 2.24) is 14.8 Å². The van der Waals surface area contributed by atoms with Crippen molar-refractivity contribution in [3.05, 3.63) is 34.7 Å². The molecule has 1 heterocycles. The summed E-state index contributed by atoms with van der Waals surface area (Å²) in [6.07, 6.45) is 1.85. The quantitative estimate of drug-likeness (QED) is 0.651. The summed E-state index contributed by atoms with van der Waals surface area (Å²) in [5.74, 6) is 0.277. The van der Waals surface area contributed by atoms with E-state index >= 15 is 0 Å². The number of nitrogens with one attached hydrogen (secondary N) is 2. The Hall–Kier alpha value is -2.18. The van der Waals surface area contributed by atoms with Crippen LogP contribution in [0.1, 0.15) is 19.8 Å². The molecule has 1 aromatic heterocycles. The maximum atomic E-state index is 12.2. The van der Waals surface area contributed by atoms with Gasteiger partial charge < -0.3 is 5.32 Å². The number of para-hydroxylation sites is 1. The van der Waals surface area contributed by atoms with Gasteiger partial charge in [-0.3, -0.25) is 9.36 Å². The fourth-order valence-electron chi connectivity index (χ4n) is 2.05. The number of amides is 1. The van der Waals surface area contributed by atoms with Crippen LogP contribution >= 0.6 is 23.5 Å². The van der Waals surface area contributed by atoms with Crippen molar-refractivity contribution in [3.8, 4) is 6.07 Å². The minimum atomic E-state index is -0.255. The Morgan fingerprint density at radius 1 is 1.40 bits per heavy atom. The third-order valence-corrected chi connectivity index (χ3v) is 5.16. The second kappa shape index (κ2) is 9.96. The van der Waals surface area contributed by atoms with E-state index < -0.39 is 0 Å². The first-order valence-corrected chi connectivity index (χ1v) is 9.79. The van der Waals surface area contributed by atoms with Gasteiger partial charge in [0, 0.05) is 11.4 Å². The van der Waals surface area contributed by atoms with Gasteiger partial charge in [-0.1, -0.05) is 37.2 Å². The third-order valence-electron chi connectivity index (χ3n) is 3.24. The predicted molar refractivity (Wildman–Crippen MR) is 99.9 cm³/mol. The molecule has 0 saturated carbocycles. The van der Waals surface area contributed by atoms with E-state index in [-0.39, 0.29) is 17.3 Å². The van der Waals surface area contributed by atoms with Gasteiger partial charge in [-0.2, -0.15) is 5.26 Å². The Morgan fingerprint density at radius 2 is 2.20 bits per heavy atom. The highest BCUT2D eigenvalue weighted by Gasteiger charge is 2.12. The summed E-state index contributed by atoms with van der Waals surface area (Å²) in [7, 11) is 0. The normalized spacial score (nSPS) is 10.4. The van der Waals surface area contributed by atoms with Gasteiger partial charge in [0.1, 0.15) is 0 Å². The molecular weight excluding hydrogens is 358 g/mol. The van der Waals surface area contributed by atoms with Crippen LogP contribution in [0.15, 0.2) is 39.1 Å². The summed E-state index contributed by atoms with van der Waals surface area (Å²) in [4.78, 5) is 24.8. The van der Waals surface area contributed by atoms with E-state index in [1.54, 1.807) is 10.6 Å². The smallest absolute Gasteiger partial charge is 0.324 e. The van der Waals surface area contributed by atoms with Crippen LogP contribution in [0.2, 0.25) is 0 Å². The van der Waals surface area contributed by atoms with Crippen LogP contribution in [0.4, 0.5) is 5.69 Å². The van der Waals surface area contributed by atoms with E-state index in [4.69, 9.17) is 5.26 Å². The van der Waals surface area contributed by atoms with Crippen molar-refractivity contribution in [2.45, 2.75) is 36.4 Å². The fourth-order valence-corrected chi connectivity index (χ4v) is 3.49. The number of hydrogen-bond donors (Lipinski definition) is 2. The van der Waals surface area contributed by atoms with Gasteiger partial charge >= 0.3 is 5.69 Å². The Balaban J connectivity index is 1.96. The van der Waals surface area contributed by atoms with E-state index in [0.29, 0.717) is 23.1 Å². The molecule has 132 valence electrons. The lowest BCUT2D eigenvalue weighted by Crippen LogP contribution is -2.19. The summed E-state index contributed by atoms with van der Waals surface area (Å²) in [6.45, 7) is 2.64. The third kappa shape index (κ3) is 5.69. The van der Waals surface area contributed by atoms with Crippen LogP contribution < -0.4 is 11.0 Å². The van der Waals surface area contributed by atoms with Crippen LogP contribution in [0.5, 0.6) is 0 Å². The van der Waals surface area contributed by atoms with Crippen LogP contribution in [-0.4, -0.2) is 32.2 Å². The van der Waals surface area contributed by atoms with E-state index in [1.807, 2.05) is 25.1 Å². The number of H-pyrrole nitrogens is 1. The second-order valence-corrected chi connectivity index (χ2v) is 7.06. The lowest BCUT2D eigenvalue weighted by molar-refractivity contribution is -0.113. The van der Waals surface area contributed by atoms with Gasteiger partial charge in [-0.05, 0) is 18.6 Å². The summed E-state index contributed by atoms with van der Waals surface area (Å²) >= 11 is 2.59. The predicted octanol–water partition coefficient (Wildman–Crippen LogP) is 2.72. The molecular formula is C16H19N5O2S2. The van der Waals surface area contributed by atoms with E-state index in [2.05, 4.69) is 21.6 Å². The van der Waals surface area contributed by atoms with Gasteiger partial charge in [0.2, 0.25) is 5.91 Å². The van der Waals surface area contributed by atoms with Gasteiger partial charge in [-0.25, -0.2) is 9.89 Å². The number of rotatable bonds is 9. The SMILES string of the molecule is CCCCn1c(SCC(=O)Nc2ccccc2SCC#N)n[nH]c1=O. The molecule has 2 aromatic rings. The second-order valence-electron chi connectivity index (χ2n) is 5.10. The van der Waals surface area contributed by atoms with Gasteiger partial charge in [-0.15, -0.1) is 16.9 Å². The molecule has 0 spiro atoms. The zero-order chi connectivity index (χ0) is 18.1. The molecule has 7 nitrogen and oxygen atoms in total. The minimum absolute atomic E-state index is 0.146. The molecule has 0 aliphatic carbocycles. The number of nitrogens with zero attached hydrogens (tertiary/aromatic N) is 3. The largest absolute Gasteiger partial charge is 0.343 e. The van der Waals surface area contributed by atoms with Crippen molar-refractivity contribution in [1.29, 1.82) is 5.26 Å². The van der Waals surface area contributed by atoms with Crippen molar-refractivity contribution in [3.63, 3.8) is 0 Å². The molecule has 25 heavy (non-hydrogen) atoms. The van der Waals surface area contributed by atoms with Crippen LogP contribution in [0.3, 0.4) is 0 Å². The molecule has 1 aromatic carbocycles. The number of thioether (sulfide) groups is 2. The number of carbonyl (C=O) groups excluding carboxylic acids is 1. The molecule has 0 saturated heterocycles. The average Bonchev–Trinajstić information content (AvgIpc) is 2.97. The topological polar surface area (TPSA) is 104 Å². The standard InChI is InChI=1S/C16H19N5O2S2/c1-2-3-9-21-15(23)19-20-16(21)25-11-14(22)18-12-6-4-5-7-13(12)24-10-8-17/h4-7H,2-3,9-11H2,1H3,(H,18,22)(H,19,23). The van der Waals surface area contributed by atoms with E-state index in [0.717, 1.165) is 17.7 Å². The molecule has 0 aliphatic heterocycles. The first-order chi connectivity index (χ1) is 12.2. The lowest BCUT2D eigenvalue weighted by Gasteiger charge is -2.09. The van der Waals surface area contributed by atoms with Crippen LogP contribution in [0, 0.1) is 11.3 Å². The van der Waals surface area contributed by atoms with Crippen LogP contribution in [-0.2, 0) is 11.3 Å². The maximum Gasteiger partial charge on any atom is 0.343 e. The molecule has 0 bridgehead atoms. The molecule has 9 heteroatoms. The number of carbonyl (C=O) groups is 1. The molecule has 2 N–H and O–H groups in total. The minimum Gasteiger partial charge on any atom is -0.324 e. The summed E-state index contributed by atoms with van der Waals surface area (Å²) in [6, 6.07) is 9.42. The zero-order valence-corrected chi connectivity index (χ0v) is 15.5. The Labute approximate surface area is 154 Å². The Morgan fingerprint density at radius 3 is 2.96 bits per heavy atom. The highest BCUT2D eigenvalue weighted by atomic mass is 32.2. The number of aromatic nitrogens is 3. The van der Waals surface area contributed by atoms with Crippen LogP contribution in [0.25, 0.3) is 0 Å². The molecule has 0 unspecified atom stereocenters. The van der Waals surface area contributed by atoms with Crippen molar-refractivity contribution in [2.75, 3.05) is 16.8 Å². The molecule has 0 fully saturated rings. The monoisotopic (exact) mass is 377 g/mol. The summed E-state index contributed by atoms with van der Waals surface area (Å²) < 4.78 is 1.55. The summed E-state index contributed by atoms with van der Waals surface area (Å²) in [5.41, 5.74) is 0.424. The molecule has 2 rings (SSSR count). The fraction of sp³-hybridized carbons (Fsp3) is 0.375. The lowest BCUT2D eigenvalue weighted by atomic mass is 10.3. The number of benzene rings is 1. The average molecular weight is 377 g/mol. The maximum absolute atomic E-state index is 12.2. The number of aromatic amines is 1. The summed E-state index contributed by atoms with van der Waals surface area (Å²) in [5, 5.41) is 18.5. The van der Waals surface area contributed by atoms with E-state index in [1.165, 1.54) is 23.5 Å². The Bertz CT molecular complexity index is 809. The zero-order valence-electron chi connectivity index (χ0n) is 13.8. The number of hydrogen-bond acceptors (Lipinski definition) is 6. The van der Waals surface area contributed by atoms with E-state index in [9.17, 15) is 9.59 Å². The van der Waals surface area contributed by atoms with Crippen molar-refractivity contribution < 1.29 is 4.79 Å². The molecule has 0 aliphatic rings. The van der Waals surface area contributed by atoms with Gasteiger partial charge in [0.25, 0.3) is 0 Å². The molecule has 0 radical (unpaired) electrons. The Kier molecular flexibility index (Phi) is 7.63. The van der Waals surface area contributed by atoms with Crippen molar-refractivity contribution in [2.24, 2.45) is 0 Å². The number of anilines is 1. The highest BCUT2D eigenvalue weighted by molar-refractivity contribution is 8.00. The molecule has 1 amide bonds. The van der Waals surface area contributed by atoms with Gasteiger partial charge in [0.15, 0.2) is 5.16 Å². The first-order valence-electron chi connectivity index (χ1n) is 7.82. The first kappa shape index (κ1) is 19.1. The van der Waals surface area contributed by atoms with Crippen molar-refractivity contribution >= 4 is 35.1 Å². The number of unbranched alkanes of at least 4 members (excludes halogenated alkanes) is 1. The van der Waals surface area contributed by atoms with Gasteiger partial charge in [0.05, 0.1) is 23.3 Å².